The molecule has 1 aromatic carbocycles. The minimum atomic E-state index is -3.36. The van der Waals surface area contributed by atoms with Gasteiger partial charge in [-0.2, -0.15) is 4.31 Å². The van der Waals surface area contributed by atoms with Crippen LogP contribution in [0, 0.1) is 0 Å². The first-order valence-corrected chi connectivity index (χ1v) is 8.95. The highest BCUT2D eigenvalue weighted by Gasteiger charge is 2.32. The molecule has 0 saturated heterocycles. The van der Waals surface area contributed by atoms with E-state index in [-0.39, 0.29) is 6.04 Å². The molecule has 20 heavy (non-hydrogen) atoms. The standard InChI is InChI=1S/C15H22N2O2S/c1-2-17(13-5-3-4-6-13)20(18,19)14-8-7-12-9-10-16-15(12)11-14/h7-8,11,13,16H,2-6,9-10H2,1H3. The molecule has 110 valence electrons. The zero-order valence-corrected chi connectivity index (χ0v) is 12.7. The fourth-order valence-electron chi connectivity index (χ4n) is 3.38. The van der Waals surface area contributed by atoms with Crippen LogP contribution in [0.25, 0.3) is 0 Å². The summed E-state index contributed by atoms with van der Waals surface area (Å²) in [6.07, 6.45) is 5.26. The van der Waals surface area contributed by atoms with E-state index in [2.05, 4.69) is 5.32 Å². The van der Waals surface area contributed by atoms with Gasteiger partial charge in [0.1, 0.15) is 0 Å². The van der Waals surface area contributed by atoms with Gasteiger partial charge >= 0.3 is 0 Å². The number of sulfonamides is 1. The van der Waals surface area contributed by atoms with E-state index in [9.17, 15) is 8.42 Å². The van der Waals surface area contributed by atoms with E-state index in [1.807, 2.05) is 13.0 Å². The lowest BCUT2D eigenvalue weighted by Crippen LogP contribution is -2.38. The Morgan fingerprint density at radius 1 is 1.30 bits per heavy atom. The Morgan fingerprint density at radius 2 is 2.05 bits per heavy atom. The molecule has 3 rings (SSSR count). The van der Waals surface area contributed by atoms with E-state index in [0.717, 1.165) is 44.3 Å². The summed E-state index contributed by atoms with van der Waals surface area (Å²) in [6.45, 7) is 3.39. The van der Waals surface area contributed by atoms with Crippen molar-refractivity contribution in [2.45, 2.75) is 50.0 Å². The lowest BCUT2D eigenvalue weighted by molar-refractivity contribution is 0.335. The molecule has 0 unspecified atom stereocenters. The van der Waals surface area contributed by atoms with Gasteiger partial charge in [0, 0.05) is 24.8 Å². The third-order valence-corrected chi connectivity index (χ3v) is 6.46. The van der Waals surface area contributed by atoms with Crippen molar-refractivity contribution < 1.29 is 8.42 Å². The van der Waals surface area contributed by atoms with Crippen molar-refractivity contribution in [3.63, 3.8) is 0 Å². The molecule has 0 aromatic heterocycles. The molecule has 0 amide bonds. The lowest BCUT2D eigenvalue weighted by Gasteiger charge is -2.27. The summed E-state index contributed by atoms with van der Waals surface area (Å²) in [5, 5.41) is 3.26. The first-order valence-electron chi connectivity index (χ1n) is 7.51. The van der Waals surface area contributed by atoms with Crippen LogP contribution in [0.3, 0.4) is 0 Å². The molecular weight excluding hydrogens is 272 g/mol. The number of rotatable bonds is 4. The third-order valence-electron chi connectivity index (χ3n) is 4.44. The normalized spacial score (nSPS) is 19.3. The van der Waals surface area contributed by atoms with E-state index < -0.39 is 10.0 Å². The molecule has 1 aliphatic heterocycles. The summed E-state index contributed by atoms with van der Waals surface area (Å²) in [6, 6.07) is 5.70. The maximum Gasteiger partial charge on any atom is 0.243 e. The quantitative estimate of drug-likeness (QED) is 0.928. The van der Waals surface area contributed by atoms with Crippen molar-refractivity contribution in [3.05, 3.63) is 23.8 Å². The molecule has 1 heterocycles. The molecule has 4 nitrogen and oxygen atoms in total. The molecule has 1 N–H and O–H groups in total. The summed E-state index contributed by atoms with van der Waals surface area (Å²) in [5.74, 6) is 0. The van der Waals surface area contributed by atoms with Gasteiger partial charge in [0.25, 0.3) is 0 Å². The largest absolute Gasteiger partial charge is 0.384 e. The molecule has 0 bridgehead atoms. The molecule has 0 radical (unpaired) electrons. The maximum absolute atomic E-state index is 12.8. The molecule has 1 saturated carbocycles. The van der Waals surface area contributed by atoms with Gasteiger partial charge in [0.2, 0.25) is 10.0 Å². The van der Waals surface area contributed by atoms with Crippen LogP contribution in [0.15, 0.2) is 23.1 Å². The molecule has 1 fully saturated rings. The topological polar surface area (TPSA) is 49.4 Å². The zero-order chi connectivity index (χ0) is 14.2. The zero-order valence-electron chi connectivity index (χ0n) is 11.9. The smallest absolute Gasteiger partial charge is 0.243 e. The average molecular weight is 294 g/mol. The van der Waals surface area contributed by atoms with Gasteiger partial charge in [-0.1, -0.05) is 25.8 Å². The van der Waals surface area contributed by atoms with Gasteiger partial charge in [0.05, 0.1) is 4.90 Å². The second kappa shape index (κ2) is 5.37. The van der Waals surface area contributed by atoms with Crippen LogP contribution < -0.4 is 5.32 Å². The van der Waals surface area contributed by atoms with E-state index in [1.165, 1.54) is 5.56 Å². The van der Waals surface area contributed by atoms with E-state index in [1.54, 1.807) is 16.4 Å². The number of anilines is 1. The van der Waals surface area contributed by atoms with E-state index in [0.29, 0.717) is 11.4 Å². The van der Waals surface area contributed by atoms with Gasteiger partial charge in [-0.25, -0.2) is 8.42 Å². The number of nitrogens with zero attached hydrogens (tertiary/aromatic N) is 1. The maximum atomic E-state index is 12.8. The Balaban J connectivity index is 1.93. The Hall–Kier alpha value is -1.07. The van der Waals surface area contributed by atoms with Gasteiger partial charge in [0.15, 0.2) is 0 Å². The van der Waals surface area contributed by atoms with E-state index >= 15 is 0 Å². The Morgan fingerprint density at radius 3 is 2.75 bits per heavy atom. The number of hydrogen-bond donors (Lipinski definition) is 1. The summed E-state index contributed by atoms with van der Waals surface area (Å²) in [5.41, 5.74) is 2.20. The Kier molecular flexibility index (Phi) is 3.73. The first-order chi connectivity index (χ1) is 9.63. The highest BCUT2D eigenvalue weighted by Crippen LogP contribution is 2.31. The van der Waals surface area contributed by atoms with Crippen molar-refractivity contribution in [1.29, 1.82) is 0 Å². The lowest BCUT2D eigenvalue weighted by atomic mass is 10.2. The number of benzene rings is 1. The number of hydrogen-bond acceptors (Lipinski definition) is 3. The molecule has 2 aliphatic rings. The van der Waals surface area contributed by atoms with Crippen LogP contribution >= 0.6 is 0 Å². The summed E-state index contributed by atoms with van der Waals surface area (Å²) in [7, 11) is -3.36. The van der Waals surface area contributed by atoms with Gasteiger partial charge in [-0.3, -0.25) is 0 Å². The van der Waals surface area contributed by atoms with Crippen LogP contribution in [0.2, 0.25) is 0 Å². The van der Waals surface area contributed by atoms with Crippen molar-refractivity contribution in [1.82, 2.24) is 4.31 Å². The number of nitrogens with one attached hydrogen (secondary N) is 1. The third kappa shape index (κ3) is 2.33. The average Bonchev–Trinajstić information content (AvgIpc) is 3.09. The van der Waals surface area contributed by atoms with Gasteiger partial charge in [-0.05, 0) is 37.0 Å². The Bertz CT molecular complexity index is 592. The Labute approximate surface area is 121 Å². The summed E-state index contributed by atoms with van der Waals surface area (Å²) >= 11 is 0. The monoisotopic (exact) mass is 294 g/mol. The minimum Gasteiger partial charge on any atom is -0.384 e. The molecule has 0 spiro atoms. The predicted octanol–water partition coefficient (Wildman–Crippen LogP) is 2.61. The fraction of sp³-hybridized carbons (Fsp3) is 0.600. The van der Waals surface area contributed by atoms with Crippen molar-refractivity contribution in [2.75, 3.05) is 18.4 Å². The molecule has 0 atom stereocenters. The highest BCUT2D eigenvalue weighted by molar-refractivity contribution is 7.89. The first kappa shape index (κ1) is 13.9. The van der Waals surface area contributed by atoms with Crippen LogP contribution in [0.1, 0.15) is 38.2 Å². The van der Waals surface area contributed by atoms with Crippen LogP contribution in [0.4, 0.5) is 5.69 Å². The summed E-state index contributed by atoms with van der Waals surface area (Å²) < 4.78 is 27.4. The van der Waals surface area contributed by atoms with Crippen LogP contribution in [-0.2, 0) is 16.4 Å². The molecule has 1 aromatic rings. The SMILES string of the molecule is CCN(C1CCCC1)S(=O)(=O)c1ccc2c(c1)NCC2. The highest BCUT2D eigenvalue weighted by atomic mass is 32.2. The number of fused-ring (bicyclic) bond motifs is 1. The molecular formula is C15H22N2O2S. The van der Waals surface area contributed by atoms with Crippen LogP contribution in [0.5, 0.6) is 0 Å². The molecule has 5 heteroatoms. The predicted molar refractivity (Wildman–Crippen MR) is 80.5 cm³/mol. The second-order valence-electron chi connectivity index (χ2n) is 5.64. The summed E-state index contributed by atoms with van der Waals surface area (Å²) in [4.78, 5) is 0.430. The van der Waals surface area contributed by atoms with Crippen molar-refractivity contribution in [2.24, 2.45) is 0 Å². The second-order valence-corrected chi connectivity index (χ2v) is 7.53. The fourth-order valence-corrected chi connectivity index (χ4v) is 5.10. The van der Waals surface area contributed by atoms with Gasteiger partial charge < -0.3 is 5.32 Å². The van der Waals surface area contributed by atoms with Crippen molar-refractivity contribution >= 4 is 15.7 Å². The van der Waals surface area contributed by atoms with Gasteiger partial charge in [-0.15, -0.1) is 0 Å². The minimum absolute atomic E-state index is 0.186. The van der Waals surface area contributed by atoms with Crippen LogP contribution in [-0.4, -0.2) is 31.9 Å². The van der Waals surface area contributed by atoms with E-state index in [4.69, 9.17) is 0 Å². The molecule has 1 aliphatic carbocycles. The van der Waals surface area contributed by atoms with Crippen molar-refractivity contribution in [3.8, 4) is 0 Å².